The summed E-state index contributed by atoms with van der Waals surface area (Å²) in [4.78, 5) is 30.4. The predicted molar refractivity (Wildman–Crippen MR) is 86.0 cm³/mol. The molecule has 23 heavy (non-hydrogen) atoms. The van der Waals surface area contributed by atoms with Crippen LogP contribution in [0.4, 0.5) is 0 Å². The standard InChI is InChI=1S/C16H17N5O2/c1-2-21-14-6-4-3-5-10(14)13(19-21)9-20-7-11-12(8-20)17-16(23)18-15(11)22/h3-6H,2,7-9H2,1H3,(H2,17,18,22,23). The zero-order chi connectivity index (χ0) is 16.0. The van der Waals surface area contributed by atoms with E-state index in [9.17, 15) is 9.59 Å². The summed E-state index contributed by atoms with van der Waals surface area (Å²) < 4.78 is 1.99. The van der Waals surface area contributed by atoms with Crippen LogP contribution < -0.4 is 11.2 Å². The Kier molecular flexibility index (Phi) is 3.16. The third kappa shape index (κ3) is 2.29. The number of aromatic nitrogens is 4. The second-order valence-electron chi connectivity index (χ2n) is 5.79. The van der Waals surface area contributed by atoms with Crippen molar-refractivity contribution in [3.05, 3.63) is 62.1 Å². The highest BCUT2D eigenvalue weighted by Crippen LogP contribution is 2.23. The highest BCUT2D eigenvalue weighted by atomic mass is 16.2. The minimum absolute atomic E-state index is 0.296. The number of aryl methyl sites for hydroxylation is 1. The molecule has 7 nitrogen and oxygen atoms in total. The number of aromatic amines is 2. The molecule has 7 heteroatoms. The van der Waals surface area contributed by atoms with E-state index in [4.69, 9.17) is 5.10 Å². The van der Waals surface area contributed by atoms with Gasteiger partial charge in [0.1, 0.15) is 0 Å². The van der Waals surface area contributed by atoms with Crippen molar-refractivity contribution in [3.63, 3.8) is 0 Å². The third-order valence-electron chi connectivity index (χ3n) is 4.30. The zero-order valence-electron chi connectivity index (χ0n) is 12.8. The lowest BCUT2D eigenvalue weighted by Gasteiger charge is -2.12. The summed E-state index contributed by atoms with van der Waals surface area (Å²) in [6.07, 6.45) is 0. The Bertz CT molecular complexity index is 998. The summed E-state index contributed by atoms with van der Waals surface area (Å²) in [7, 11) is 0. The Morgan fingerprint density at radius 3 is 2.83 bits per heavy atom. The fraction of sp³-hybridized carbons (Fsp3) is 0.312. The van der Waals surface area contributed by atoms with E-state index in [1.165, 1.54) is 0 Å². The minimum Gasteiger partial charge on any atom is -0.310 e. The number of H-pyrrole nitrogens is 2. The van der Waals surface area contributed by atoms with Crippen LogP contribution in [-0.4, -0.2) is 24.6 Å². The Morgan fingerprint density at radius 2 is 2.00 bits per heavy atom. The number of hydrogen-bond acceptors (Lipinski definition) is 4. The first-order chi connectivity index (χ1) is 11.2. The van der Waals surface area contributed by atoms with Crippen LogP contribution in [-0.2, 0) is 26.2 Å². The smallest absolute Gasteiger partial charge is 0.310 e. The van der Waals surface area contributed by atoms with E-state index in [1.807, 2.05) is 16.8 Å². The maximum atomic E-state index is 11.9. The zero-order valence-corrected chi connectivity index (χ0v) is 12.8. The normalized spacial score (nSPS) is 14.5. The van der Waals surface area contributed by atoms with E-state index < -0.39 is 5.69 Å². The van der Waals surface area contributed by atoms with Gasteiger partial charge in [-0.1, -0.05) is 18.2 Å². The molecule has 0 bridgehead atoms. The van der Waals surface area contributed by atoms with Crippen LogP contribution >= 0.6 is 0 Å². The molecule has 1 aliphatic rings. The van der Waals surface area contributed by atoms with E-state index >= 15 is 0 Å². The van der Waals surface area contributed by atoms with Gasteiger partial charge in [0.25, 0.3) is 5.56 Å². The van der Waals surface area contributed by atoms with Gasteiger partial charge in [0.15, 0.2) is 0 Å². The van der Waals surface area contributed by atoms with E-state index in [-0.39, 0.29) is 5.56 Å². The molecule has 0 saturated heterocycles. The summed E-state index contributed by atoms with van der Waals surface area (Å²) in [6, 6.07) is 8.16. The van der Waals surface area contributed by atoms with Crippen molar-refractivity contribution in [3.8, 4) is 0 Å². The van der Waals surface area contributed by atoms with Crippen LogP contribution in [0.2, 0.25) is 0 Å². The van der Waals surface area contributed by atoms with E-state index in [0.29, 0.717) is 30.9 Å². The summed E-state index contributed by atoms with van der Waals surface area (Å²) in [5.74, 6) is 0. The first-order valence-corrected chi connectivity index (χ1v) is 7.67. The number of fused-ring (bicyclic) bond motifs is 2. The molecule has 3 heterocycles. The molecule has 0 unspecified atom stereocenters. The average Bonchev–Trinajstić information content (AvgIpc) is 3.09. The SMILES string of the molecule is CCn1nc(CN2Cc3[nH]c(=O)[nH]c(=O)c3C2)c2ccccc21. The van der Waals surface area contributed by atoms with Crippen LogP contribution in [0.15, 0.2) is 33.9 Å². The number of rotatable bonds is 3. The minimum atomic E-state index is -0.448. The molecule has 2 N–H and O–H groups in total. The number of nitrogens with one attached hydrogen (secondary N) is 2. The topological polar surface area (TPSA) is 86.8 Å². The molecule has 0 amide bonds. The van der Waals surface area contributed by atoms with Gasteiger partial charge in [-0.15, -0.1) is 0 Å². The van der Waals surface area contributed by atoms with Crippen molar-refractivity contribution in [2.75, 3.05) is 0 Å². The monoisotopic (exact) mass is 311 g/mol. The van der Waals surface area contributed by atoms with Crippen molar-refractivity contribution >= 4 is 10.9 Å². The second-order valence-corrected chi connectivity index (χ2v) is 5.79. The van der Waals surface area contributed by atoms with Crippen molar-refractivity contribution in [1.82, 2.24) is 24.6 Å². The third-order valence-corrected chi connectivity index (χ3v) is 4.30. The van der Waals surface area contributed by atoms with Gasteiger partial charge < -0.3 is 4.98 Å². The van der Waals surface area contributed by atoms with Crippen molar-refractivity contribution in [1.29, 1.82) is 0 Å². The Balaban J connectivity index is 1.67. The molecular formula is C16H17N5O2. The van der Waals surface area contributed by atoms with Gasteiger partial charge in [-0.25, -0.2) is 4.79 Å². The van der Waals surface area contributed by atoms with Crippen molar-refractivity contribution in [2.24, 2.45) is 0 Å². The number of benzene rings is 1. The molecule has 118 valence electrons. The maximum Gasteiger partial charge on any atom is 0.325 e. The van der Waals surface area contributed by atoms with Crippen molar-refractivity contribution in [2.45, 2.75) is 33.1 Å². The van der Waals surface area contributed by atoms with Gasteiger partial charge in [-0.05, 0) is 13.0 Å². The summed E-state index contributed by atoms with van der Waals surface area (Å²) in [6.45, 7) is 4.60. The molecule has 2 aromatic heterocycles. The molecule has 4 rings (SSSR count). The Labute approximate surface area is 131 Å². The lowest BCUT2D eigenvalue weighted by molar-refractivity contribution is 0.270. The van der Waals surface area contributed by atoms with Gasteiger partial charge in [-0.2, -0.15) is 5.10 Å². The fourth-order valence-electron chi connectivity index (χ4n) is 3.24. The van der Waals surface area contributed by atoms with Crippen LogP contribution in [0.1, 0.15) is 23.9 Å². The van der Waals surface area contributed by atoms with Crippen LogP contribution in [0.3, 0.4) is 0 Å². The van der Waals surface area contributed by atoms with Crippen LogP contribution in [0.5, 0.6) is 0 Å². The van der Waals surface area contributed by atoms with Gasteiger partial charge in [0.2, 0.25) is 0 Å². The maximum absolute atomic E-state index is 11.9. The van der Waals surface area contributed by atoms with Gasteiger partial charge in [0, 0.05) is 37.3 Å². The van der Waals surface area contributed by atoms with E-state index in [1.54, 1.807) is 0 Å². The van der Waals surface area contributed by atoms with E-state index in [2.05, 4.69) is 33.9 Å². The molecule has 0 fully saturated rings. The molecular weight excluding hydrogens is 294 g/mol. The first-order valence-electron chi connectivity index (χ1n) is 7.67. The van der Waals surface area contributed by atoms with E-state index in [0.717, 1.165) is 23.1 Å². The van der Waals surface area contributed by atoms with Gasteiger partial charge in [0.05, 0.1) is 16.8 Å². The predicted octanol–water partition coefficient (Wildman–Crippen LogP) is 0.949. The Morgan fingerprint density at radius 1 is 1.17 bits per heavy atom. The number of nitrogens with zero attached hydrogens (tertiary/aromatic N) is 3. The molecule has 3 aromatic rings. The largest absolute Gasteiger partial charge is 0.325 e. The number of hydrogen-bond donors (Lipinski definition) is 2. The molecule has 0 radical (unpaired) electrons. The molecule has 0 atom stereocenters. The lowest BCUT2D eigenvalue weighted by Crippen LogP contribution is -2.25. The van der Waals surface area contributed by atoms with Gasteiger partial charge in [-0.3, -0.25) is 19.4 Å². The van der Waals surface area contributed by atoms with Crippen LogP contribution in [0, 0.1) is 0 Å². The quantitative estimate of drug-likeness (QED) is 0.754. The summed E-state index contributed by atoms with van der Waals surface area (Å²) in [5, 5.41) is 5.82. The van der Waals surface area contributed by atoms with Crippen molar-refractivity contribution < 1.29 is 0 Å². The molecule has 0 saturated carbocycles. The average molecular weight is 311 g/mol. The highest BCUT2D eigenvalue weighted by molar-refractivity contribution is 5.81. The molecule has 0 spiro atoms. The number of para-hydroxylation sites is 1. The molecule has 1 aliphatic heterocycles. The lowest BCUT2D eigenvalue weighted by atomic mass is 10.2. The second kappa shape index (κ2) is 5.20. The molecule has 1 aromatic carbocycles. The highest BCUT2D eigenvalue weighted by Gasteiger charge is 2.24. The molecule has 0 aliphatic carbocycles. The summed E-state index contributed by atoms with van der Waals surface area (Å²) >= 11 is 0. The summed E-state index contributed by atoms with van der Waals surface area (Å²) in [5.41, 5.74) is 2.72. The fourth-order valence-corrected chi connectivity index (χ4v) is 3.24. The van der Waals surface area contributed by atoms with Gasteiger partial charge >= 0.3 is 5.69 Å². The Hall–Kier alpha value is -2.67. The van der Waals surface area contributed by atoms with Crippen LogP contribution in [0.25, 0.3) is 10.9 Å². The first kappa shape index (κ1) is 14.0.